The van der Waals surface area contributed by atoms with Gasteiger partial charge in [0.05, 0.1) is 22.9 Å². The molecule has 2 amide bonds. The van der Waals surface area contributed by atoms with Crippen molar-refractivity contribution in [3.8, 4) is 0 Å². The molecule has 0 atom stereocenters. The van der Waals surface area contributed by atoms with Gasteiger partial charge < -0.3 is 5.32 Å². The molecular formula is C24H19BrN4O3. The van der Waals surface area contributed by atoms with Crippen molar-refractivity contribution in [1.82, 2.24) is 15.0 Å². The van der Waals surface area contributed by atoms with E-state index in [0.29, 0.717) is 27.5 Å². The van der Waals surface area contributed by atoms with Crippen LogP contribution in [0.25, 0.3) is 10.9 Å². The lowest BCUT2D eigenvalue weighted by molar-refractivity contribution is -0.120. The standard InChI is InChI=1S/C24H19BrN4O3/c25-19-12-6-4-10-17(19)23(31)28-29-21(27-20-13-7-5-11-18(20)24(29)32)14-22(30)26-15-16-8-2-1-3-9-16/h1-13H,14-15H2,(H,26,30)(H,28,31). The molecule has 2 N–H and O–H groups in total. The minimum atomic E-state index is -0.498. The zero-order valence-corrected chi connectivity index (χ0v) is 18.5. The fraction of sp³-hybridized carbons (Fsp3) is 0.0833. The summed E-state index contributed by atoms with van der Waals surface area (Å²) in [6.07, 6.45) is -0.177. The van der Waals surface area contributed by atoms with Crippen LogP contribution >= 0.6 is 15.9 Å². The van der Waals surface area contributed by atoms with Crippen molar-refractivity contribution in [2.45, 2.75) is 13.0 Å². The molecule has 1 aromatic heterocycles. The highest BCUT2D eigenvalue weighted by Gasteiger charge is 2.18. The Morgan fingerprint density at radius 2 is 1.59 bits per heavy atom. The number of hydrogen-bond acceptors (Lipinski definition) is 4. The van der Waals surface area contributed by atoms with E-state index < -0.39 is 11.5 Å². The normalized spacial score (nSPS) is 10.7. The van der Waals surface area contributed by atoms with Crippen molar-refractivity contribution >= 4 is 38.6 Å². The molecular weight excluding hydrogens is 472 g/mol. The Kier molecular flexibility index (Phi) is 6.42. The summed E-state index contributed by atoms with van der Waals surface area (Å²) in [5.74, 6) is -0.679. The molecule has 1 heterocycles. The highest BCUT2D eigenvalue weighted by molar-refractivity contribution is 9.10. The van der Waals surface area contributed by atoms with Crippen LogP contribution in [0.2, 0.25) is 0 Å². The summed E-state index contributed by atoms with van der Waals surface area (Å²) in [4.78, 5) is 43.1. The number of carbonyl (C=O) groups excluding carboxylic acids is 2. The maximum atomic E-state index is 13.1. The number of nitrogens with one attached hydrogen (secondary N) is 2. The van der Waals surface area contributed by atoms with Crippen LogP contribution in [0.3, 0.4) is 0 Å². The molecule has 0 aliphatic carbocycles. The average Bonchev–Trinajstić information content (AvgIpc) is 2.81. The highest BCUT2D eigenvalue weighted by atomic mass is 79.9. The van der Waals surface area contributed by atoms with E-state index in [0.717, 1.165) is 10.2 Å². The number of carbonyl (C=O) groups is 2. The number of halogens is 1. The first-order valence-electron chi connectivity index (χ1n) is 9.90. The van der Waals surface area contributed by atoms with Gasteiger partial charge in [0.1, 0.15) is 5.82 Å². The van der Waals surface area contributed by atoms with Crippen molar-refractivity contribution in [3.05, 3.63) is 111 Å². The van der Waals surface area contributed by atoms with Crippen molar-refractivity contribution in [1.29, 1.82) is 0 Å². The van der Waals surface area contributed by atoms with E-state index in [1.807, 2.05) is 30.3 Å². The summed E-state index contributed by atoms with van der Waals surface area (Å²) in [6.45, 7) is 0.348. The topological polar surface area (TPSA) is 93.1 Å². The molecule has 0 aliphatic heterocycles. The van der Waals surface area contributed by atoms with Gasteiger partial charge in [-0.05, 0) is 45.8 Å². The minimum Gasteiger partial charge on any atom is -0.352 e. The average molecular weight is 491 g/mol. The Morgan fingerprint density at radius 3 is 2.38 bits per heavy atom. The van der Waals surface area contributed by atoms with Gasteiger partial charge in [0, 0.05) is 11.0 Å². The van der Waals surface area contributed by atoms with E-state index in [-0.39, 0.29) is 18.2 Å². The molecule has 8 heteroatoms. The first-order chi connectivity index (χ1) is 15.5. The first kappa shape index (κ1) is 21.5. The van der Waals surface area contributed by atoms with Crippen molar-refractivity contribution in [2.75, 3.05) is 5.43 Å². The number of benzene rings is 3. The van der Waals surface area contributed by atoms with E-state index in [4.69, 9.17) is 0 Å². The van der Waals surface area contributed by atoms with E-state index >= 15 is 0 Å². The second kappa shape index (κ2) is 9.57. The molecule has 0 spiro atoms. The smallest absolute Gasteiger partial charge is 0.280 e. The van der Waals surface area contributed by atoms with Gasteiger partial charge in [-0.15, -0.1) is 0 Å². The van der Waals surface area contributed by atoms with Crippen LogP contribution in [-0.2, 0) is 17.8 Å². The predicted molar refractivity (Wildman–Crippen MR) is 126 cm³/mol. The molecule has 0 fully saturated rings. The van der Waals surface area contributed by atoms with Gasteiger partial charge in [-0.1, -0.05) is 54.6 Å². The Morgan fingerprint density at radius 1 is 0.906 bits per heavy atom. The van der Waals surface area contributed by atoms with E-state index in [2.05, 4.69) is 31.7 Å². The lowest BCUT2D eigenvalue weighted by Crippen LogP contribution is -2.38. The molecule has 0 bridgehead atoms. The highest BCUT2D eigenvalue weighted by Crippen LogP contribution is 2.16. The van der Waals surface area contributed by atoms with Gasteiger partial charge in [-0.3, -0.25) is 19.8 Å². The van der Waals surface area contributed by atoms with Gasteiger partial charge in [0.25, 0.3) is 11.5 Å². The zero-order chi connectivity index (χ0) is 22.5. The van der Waals surface area contributed by atoms with E-state index in [1.54, 1.807) is 48.5 Å². The summed E-state index contributed by atoms with van der Waals surface area (Å²) < 4.78 is 1.63. The molecule has 3 aromatic carbocycles. The van der Waals surface area contributed by atoms with Gasteiger partial charge in [0.2, 0.25) is 5.91 Å². The molecule has 0 saturated carbocycles. The third-order valence-corrected chi connectivity index (χ3v) is 5.52. The van der Waals surface area contributed by atoms with Gasteiger partial charge in [-0.2, -0.15) is 0 Å². The van der Waals surface area contributed by atoms with Crippen LogP contribution in [-0.4, -0.2) is 21.5 Å². The number of para-hydroxylation sites is 1. The first-order valence-corrected chi connectivity index (χ1v) is 10.7. The molecule has 32 heavy (non-hydrogen) atoms. The molecule has 4 aromatic rings. The summed E-state index contributed by atoms with van der Waals surface area (Å²) >= 11 is 3.34. The molecule has 0 radical (unpaired) electrons. The number of nitrogens with zero attached hydrogens (tertiary/aromatic N) is 2. The maximum absolute atomic E-state index is 13.1. The Hall–Kier alpha value is -3.78. The van der Waals surface area contributed by atoms with Crippen molar-refractivity contribution in [3.63, 3.8) is 0 Å². The van der Waals surface area contributed by atoms with Crippen molar-refractivity contribution in [2.24, 2.45) is 0 Å². The SMILES string of the molecule is O=C(Cc1nc2ccccc2c(=O)n1NC(=O)c1ccccc1Br)NCc1ccccc1. The van der Waals surface area contributed by atoms with E-state index in [9.17, 15) is 14.4 Å². The predicted octanol–water partition coefficient (Wildman–Crippen LogP) is 3.40. The maximum Gasteiger partial charge on any atom is 0.280 e. The quantitative estimate of drug-likeness (QED) is 0.433. The molecule has 0 unspecified atom stereocenters. The molecule has 0 saturated heterocycles. The summed E-state index contributed by atoms with van der Waals surface area (Å²) in [5.41, 5.74) is 3.90. The molecule has 160 valence electrons. The molecule has 7 nitrogen and oxygen atoms in total. The number of fused-ring (bicyclic) bond motifs is 1. The largest absolute Gasteiger partial charge is 0.352 e. The van der Waals surface area contributed by atoms with Crippen molar-refractivity contribution < 1.29 is 9.59 Å². The molecule has 0 aliphatic rings. The van der Waals surface area contributed by atoms with E-state index in [1.165, 1.54) is 0 Å². The fourth-order valence-corrected chi connectivity index (χ4v) is 3.69. The summed E-state index contributed by atoms with van der Waals surface area (Å²) in [5, 5.41) is 3.16. The lowest BCUT2D eigenvalue weighted by atomic mass is 10.2. The Labute approximate surface area is 192 Å². The number of amides is 2. The Bertz CT molecular complexity index is 1350. The number of aromatic nitrogens is 2. The van der Waals surface area contributed by atoms with Crippen LogP contribution in [0, 0.1) is 0 Å². The number of hydrogen-bond donors (Lipinski definition) is 2. The second-order valence-corrected chi connectivity index (χ2v) is 7.90. The van der Waals surface area contributed by atoms with Crippen LogP contribution in [0.15, 0.2) is 88.1 Å². The Balaban J connectivity index is 1.64. The van der Waals surface area contributed by atoms with Gasteiger partial charge in [-0.25, -0.2) is 9.66 Å². The summed E-state index contributed by atoms with van der Waals surface area (Å²) in [6, 6.07) is 23.2. The molecule has 4 rings (SSSR count). The van der Waals surface area contributed by atoms with Crippen LogP contribution < -0.4 is 16.3 Å². The second-order valence-electron chi connectivity index (χ2n) is 7.05. The summed E-state index contributed by atoms with van der Waals surface area (Å²) in [7, 11) is 0. The van der Waals surface area contributed by atoms with Gasteiger partial charge in [0.15, 0.2) is 0 Å². The third-order valence-electron chi connectivity index (χ3n) is 4.83. The van der Waals surface area contributed by atoms with Gasteiger partial charge >= 0.3 is 0 Å². The monoisotopic (exact) mass is 490 g/mol. The lowest BCUT2D eigenvalue weighted by Gasteiger charge is -2.15. The van der Waals surface area contributed by atoms with Crippen LogP contribution in [0.1, 0.15) is 21.7 Å². The minimum absolute atomic E-state index is 0.139. The zero-order valence-electron chi connectivity index (χ0n) is 16.9. The number of rotatable bonds is 6. The van der Waals surface area contributed by atoms with Crippen LogP contribution in [0.5, 0.6) is 0 Å². The third kappa shape index (κ3) is 4.76. The van der Waals surface area contributed by atoms with Crippen LogP contribution in [0.4, 0.5) is 0 Å². The fourth-order valence-electron chi connectivity index (χ4n) is 3.22.